The molecule has 0 saturated carbocycles. The van der Waals surface area contributed by atoms with Crippen LogP contribution in [0.15, 0.2) is 114 Å². The minimum absolute atomic E-state index is 0.0187. The normalized spacial score (nSPS) is 14.5. The number of carbonyl (C=O) groups is 2. The molecule has 0 spiro atoms. The van der Waals surface area contributed by atoms with E-state index in [0.29, 0.717) is 30.3 Å². The van der Waals surface area contributed by atoms with Gasteiger partial charge in [-0.15, -0.1) is 0 Å². The van der Waals surface area contributed by atoms with Gasteiger partial charge < -0.3 is 19.7 Å². The molecule has 43 heavy (non-hydrogen) atoms. The van der Waals surface area contributed by atoms with Crippen LogP contribution in [0.3, 0.4) is 0 Å². The van der Waals surface area contributed by atoms with Crippen molar-refractivity contribution in [1.29, 1.82) is 0 Å². The van der Waals surface area contributed by atoms with Crippen LogP contribution in [0.4, 0.5) is 5.69 Å². The Labute approximate surface area is 251 Å². The van der Waals surface area contributed by atoms with Crippen molar-refractivity contribution in [2.45, 2.75) is 31.0 Å². The maximum atomic E-state index is 13.9. The number of hydrogen-bond donors (Lipinski definition) is 1. The highest BCUT2D eigenvalue weighted by molar-refractivity contribution is 7.89. The lowest BCUT2D eigenvalue weighted by Gasteiger charge is -2.35. The fourth-order valence-electron chi connectivity index (χ4n) is 4.78. The molecule has 1 N–H and O–H groups in total. The van der Waals surface area contributed by atoms with Gasteiger partial charge in [-0.25, -0.2) is 8.42 Å². The summed E-state index contributed by atoms with van der Waals surface area (Å²) in [5, 5.41) is 2.87. The Morgan fingerprint density at radius 1 is 0.884 bits per heavy atom. The van der Waals surface area contributed by atoms with Gasteiger partial charge in [0.25, 0.3) is 5.91 Å². The average molecular weight is 600 g/mol. The number of fused-ring (bicyclic) bond motifs is 1. The maximum absolute atomic E-state index is 13.9. The van der Waals surface area contributed by atoms with E-state index < -0.39 is 28.6 Å². The highest BCUT2D eigenvalue weighted by atomic mass is 32.2. The summed E-state index contributed by atoms with van der Waals surface area (Å²) in [7, 11) is -4.09. The molecule has 1 aliphatic heterocycles. The number of nitrogens with one attached hydrogen (secondary N) is 1. The second-order valence-electron chi connectivity index (χ2n) is 9.95. The van der Waals surface area contributed by atoms with E-state index in [1.54, 1.807) is 36.4 Å². The van der Waals surface area contributed by atoms with Crippen molar-refractivity contribution in [3.63, 3.8) is 0 Å². The summed E-state index contributed by atoms with van der Waals surface area (Å²) in [6.45, 7) is 2.07. The van der Waals surface area contributed by atoms with Crippen LogP contribution in [0.5, 0.6) is 11.5 Å². The fourth-order valence-corrected chi connectivity index (χ4v) is 6.16. The van der Waals surface area contributed by atoms with Gasteiger partial charge in [0.2, 0.25) is 15.9 Å². The van der Waals surface area contributed by atoms with E-state index >= 15 is 0 Å². The lowest BCUT2D eigenvalue weighted by atomic mass is 10.1. The SMILES string of the molecule is CCOc1ccc(S(=O)(=O)N(CC(=O)N2CC(C(=O)NCc3ccccc3)Oc3ccccc32)Cc2ccccc2)cc1. The molecule has 0 fully saturated rings. The summed E-state index contributed by atoms with van der Waals surface area (Å²) in [5.41, 5.74) is 2.12. The van der Waals surface area contributed by atoms with Crippen LogP contribution in [-0.2, 0) is 32.7 Å². The Morgan fingerprint density at radius 3 is 2.19 bits per heavy atom. The number of amides is 2. The van der Waals surface area contributed by atoms with Gasteiger partial charge in [0.05, 0.1) is 30.3 Å². The first-order valence-corrected chi connectivity index (χ1v) is 15.4. The molecular formula is C33H33N3O6S. The predicted octanol–water partition coefficient (Wildman–Crippen LogP) is 4.39. The van der Waals surface area contributed by atoms with Gasteiger partial charge in [-0.1, -0.05) is 72.8 Å². The number of para-hydroxylation sites is 2. The number of sulfonamides is 1. The molecule has 4 aromatic carbocycles. The molecule has 1 unspecified atom stereocenters. The van der Waals surface area contributed by atoms with Crippen molar-refractivity contribution in [3.8, 4) is 11.5 Å². The molecule has 1 heterocycles. The Morgan fingerprint density at radius 2 is 1.51 bits per heavy atom. The van der Waals surface area contributed by atoms with Crippen molar-refractivity contribution in [2.24, 2.45) is 0 Å². The van der Waals surface area contributed by atoms with E-state index in [1.807, 2.05) is 67.6 Å². The van der Waals surface area contributed by atoms with Gasteiger partial charge in [-0.05, 0) is 54.4 Å². The van der Waals surface area contributed by atoms with Crippen molar-refractivity contribution in [2.75, 3.05) is 24.6 Å². The molecule has 222 valence electrons. The van der Waals surface area contributed by atoms with Crippen LogP contribution in [0, 0.1) is 0 Å². The van der Waals surface area contributed by atoms with Gasteiger partial charge in [-0.3, -0.25) is 9.59 Å². The van der Waals surface area contributed by atoms with Crippen molar-refractivity contribution >= 4 is 27.5 Å². The minimum atomic E-state index is -4.09. The van der Waals surface area contributed by atoms with Crippen LogP contribution in [0.25, 0.3) is 0 Å². The van der Waals surface area contributed by atoms with Gasteiger partial charge in [0.15, 0.2) is 6.10 Å². The molecule has 0 aliphatic carbocycles. The third kappa shape index (κ3) is 7.22. The summed E-state index contributed by atoms with van der Waals surface area (Å²) >= 11 is 0. The van der Waals surface area contributed by atoms with Crippen molar-refractivity contribution in [1.82, 2.24) is 9.62 Å². The highest BCUT2D eigenvalue weighted by Crippen LogP contribution is 2.34. The first-order valence-electron chi connectivity index (χ1n) is 14.0. The van der Waals surface area contributed by atoms with E-state index in [-0.39, 0.29) is 23.9 Å². The second kappa shape index (κ2) is 13.5. The topological polar surface area (TPSA) is 105 Å². The molecule has 2 amide bonds. The Bertz CT molecular complexity index is 1650. The van der Waals surface area contributed by atoms with Gasteiger partial charge >= 0.3 is 0 Å². The van der Waals surface area contributed by atoms with E-state index in [4.69, 9.17) is 9.47 Å². The molecule has 4 aromatic rings. The fraction of sp³-hybridized carbons (Fsp3) is 0.212. The monoisotopic (exact) mass is 599 g/mol. The zero-order valence-electron chi connectivity index (χ0n) is 23.8. The van der Waals surface area contributed by atoms with E-state index in [0.717, 1.165) is 15.4 Å². The van der Waals surface area contributed by atoms with Crippen molar-refractivity contribution in [3.05, 3.63) is 120 Å². The number of ether oxygens (including phenoxy) is 2. The molecule has 0 bridgehead atoms. The zero-order chi connectivity index (χ0) is 30.2. The largest absolute Gasteiger partial charge is 0.494 e. The van der Waals surface area contributed by atoms with Crippen LogP contribution < -0.4 is 19.7 Å². The highest BCUT2D eigenvalue weighted by Gasteiger charge is 2.36. The van der Waals surface area contributed by atoms with E-state index in [2.05, 4.69) is 5.32 Å². The first-order chi connectivity index (χ1) is 20.8. The van der Waals surface area contributed by atoms with Gasteiger partial charge in [0, 0.05) is 13.1 Å². The summed E-state index contributed by atoms with van der Waals surface area (Å²) in [5.74, 6) is 0.0564. The number of anilines is 1. The average Bonchev–Trinajstić information content (AvgIpc) is 3.04. The Kier molecular flexibility index (Phi) is 9.38. The number of nitrogens with zero attached hydrogens (tertiary/aromatic N) is 2. The number of rotatable bonds is 11. The summed E-state index contributed by atoms with van der Waals surface area (Å²) in [6, 6.07) is 31.6. The third-order valence-electron chi connectivity index (χ3n) is 6.96. The second-order valence-corrected chi connectivity index (χ2v) is 11.9. The molecule has 10 heteroatoms. The molecule has 1 atom stereocenters. The van der Waals surface area contributed by atoms with Crippen LogP contribution in [0.2, 0.25) is 0 Å². The summed E-state index contributed by atoms with van der Waals surface area (Å²) in [6.07, 6.45) is -0.979. The first kappa shape index (κ1) is 29.8. The lowest BCUT2D eigenvalue weighted by Crippen LogP contribution is -2.52. The van der Waals surface area contributed by atoms with Crippen LogP contribution in [-0.4, -0.2) is 50.3 Å². The summed E-state index contributed by atoms with van der Waals surface area (Å²) < 4.78 is 40.4. The summed E-state index contributed by atoms with van der Waals surface area (Å²) in [4.78, 5) is 28.5. The molecule has 0 saturated heterocycles. The van der Waals surface area contributed by atoms with Crippen molar-refractivity contribution < 1.29 is 27.5 Å². The smallest absolute Gasteiger partial charge is 0.263 e. The number of benzene rings is 4. The van der Waals surface area contributed by atoms with Crippen LogP contribution >= 0.6 is 0 Å². The van der Waals surface area contributed by atoms with Gasteiger partial charge in [0.1, 0.15) is 11.5 Å². The number of hydrogen-bond acceptors (Lipinski definition) is 6. The quantitative estimate of drug-likeness (QED) is 0.274. The zero-order valence-corrected chi connectivity index (χ0v) is 24.6. The molecule has 5 rings (SSSR count). The number of carbonyl (C=O) groups excluding carboxylic acids is 2. The van der Waals surface area contributed by atoms with Crippen LogP contribution in [0.1, 0.15) is 18.1 Å². The van der Waals surface area contributed by atoms with E-state index in [9.17, 15) is 18.0 Å². The molecule has 9 nitrogen and oxygen atoms in total. The Hall–Kier alpha value is -4.67. The van der Waals surface area contributed by atoms with E-state index in [1.165, 1.54) is 17.0 Å². The molecule has 0 radical (unpaired) electrons. The standard InChI is InChI=1S/C33H33N3O6S/c1-2-41-27-17-19-28(20-18-27)43(39,40)35(22-26-13-7-4-8-14-26)24-32(37)36-23-31(42-30-16-10-9-15-29(30)36)33(38)34-21-25-11-5-3-6-12-25/h3-20,31H,2,21-24H2,1H3,(H,34,38). The predicted molar refractivity (Wildman–Crippen MR) is 163 cm³/mol. The molecule has 1 aliphatic rings. The lowest BCUT2D eigenvalue weighted by molar-refractivity contribution is -0.128. The minimum Gasteiger partial charge on any atom is -0.494 e. The molecular weight excluding hydrogens is 566 g/mol. The third-order valence-corrected chi connectivity index (χ3v) is 8.77. The van der Waals surface area contributed by atoms with Gasteiger partial charge in [-0.2, -0.15) is 4.31 Å². The Balaban J connectivity index is 1.39. The maximum Gasteiger partial charge on any atom is 0.263 e. The molecule has 0 aromatic heterocycles.